The van der Waals surface area contributed by atoms with E-state index in [9.17, 15) is 18.0 Å². The molecule has 0 radical (unpaired) electrons. The number of hydrogen-bond donors (Lipinski definition) is 1. The molecule has 8 heteroatoms. The average Bonchev–Trinajstić information content (AvgIpc) is 2.71. The molecule has 0 fully saturated rings. The number of nitrogens with zero attached hydrogens (tertiary/aromatic N) is 2. The van der Waals surface area contributed by atoms with Gasteiger partial charge >= 0.3 is 0 Å². The van der Waals surface area contributed by atoms with Gasteiger partial charge in [0.2, 0.25) is 21.8 Å². The van der Waals surface area contributed by atoms with E-state index in [2.05, 4.69) is 5.32 Å². The van der Waals surface area contributed by atoms with Crippen molar-refractivity contribution < 1.29 is 18.0 Å². The summed E-state index contributed by atoms with van der Waals surface area (Å²) >= 11 is 0. The molecule has 0 heterocycles. The van der Waals surface area contributed by atoms with Crippen LogP contribution in [0.1, 0.15) is 56.4 Å². The van der Waals surface area contributed by atoms with Crippen LogP contribution >= 0.6 is 0 Å². The lowest BCUT2D eigenvalue weighted by atomic mass is 10.1. The zero-order valence-corrected chi connectivity index (χ0v) is 23.0. The van der Waals surface area contributed by atoms with Crippen molar-refractivity contribution in [1.29, 1.82) is 0 Å². The van der Waals surface area contributed by atoms with Gasteiger partial charge in [-0.25, -0.2) is 8.42 Å². The topological polar surface area (TPSA) is 86.8 Å². The third kappa shape index (κ3) is 8.09. The number of anilines is 1. The van der Waals surface area contributed by atoms with Crippen LogP contribution in [0, 0.1) is 20.8 Å². The van der Waals surface area contributed by atoms with Gasteiger partial charge in [0.15, 0.2) is 0 Å². The number of rotatable bonds is 9. The number of benzene rings is 2. The average molecular weight is 502 g/mol. The third-order valence-electron chi connectivity index (χ3n) is 5.66. The van der Waals surface area contributed by atoms with E-state index in [4.69, 9.17) is 0 Å². The first-order valence-electron chi connectivity index (χ1n) is 11.8. The van der Waals surface area contributed by atoms with Gasteiger partial charge in [0.1, 0.15) is 12.6 Å². The molecular weight excluding hydrogens is 462 g/mol. The van der Waals surface area contributed by atoms with Crippen LogP contribution in [0.2, 0.25) is 0 Å². The zero-order chi connectivity index (χ0) is 26.6. The molecule has 0 saturated heterocycles. The van der Waals surface area contributed by atoms with Crippen LogP contribution in [0.25, 0.3) is 0 Å². The third-order valence-corrected chi connectivity index (χ3v) is 6.78. The molecule has 2 aromatic rings. The van der Waals surface area contributed by atoms with Gasteiger partial charge in [0, 0.05) is 12.1 Å². The van der Waals surface area contributed by atoms with Gasteiger partial charge in [-0.3, -0.25) is 13.9 Å². The minimum atomic E-state index is -3.76. The molecule has 2 rings (SSSR count). The summed E-state index contributed by atoms with van der Waals surface area (Å²) in [6.45, 7) is 13.0. The number of carbonyl (C=O) groups excluding carboxylic acids is 2. The van der Waals surface area contributed by atoms with Crippen molar-refractivity contribution in [3.63, 3.8) is 0 Å². The Bertz CT molecular complexity index is 1150. The summed E-state index contributed by atoms with van der Waals surface area (Å²) in [6, 6.07) is 12.4. The van der Waals surface area contributed by atoms with Crippen LogP contribution in [0.5, 0.6) is 0 Å². The summed E-state index contributed by atoms with van der Waals surface area (Å²) in [5.74, 6) is -0.704. The maximum atomic E-state index is 13.7. The normalized spacial score (nSPS) is 12.7. The van der Waals surface area contributed by atoms with Crippen molar-refractivity contribution in [3.05, 3.63) is 64.7 Å². The Morgan fingerprint density at radius 3 is 2.03 bits per heavy atom. The molecule has 7 nitrogen and oxygen atoms in total. The number of amides is 2. The van der Waals surface area contributed by atoms with Crippen LogP contribution in [0.15, 0.2) is 42.5 Å². The lowest BCUT2D eigenvalue weighted by Crippen LogP contribution is -2.55. The maximum absolute atomic E-state index is 13.7. The van der Waals surface area contributed by atoms with Crippen molar-refractivity contribution in [1.82, 2.24) is 10.2 Å². The molecule has 192 valence electrons. The van der Waals surface area contributed by atoms with E-state index in [-0.39, 0.29) is 12.5 Å². The first kappa shape index (κ1) is 28.4. The Kier molecular flexibility index (Phi) is 9.11. The molecule has 2 amide bonds. The summed E-state index contributed by atoms with van der Waals surface area (Å²) in [7, 11) is -3.76. The molecule has 0 unspecified atom stereocenters. The van der Waals surface area contributed by atoms with E-state index in [1.807, 2.05) is 84.9 Å². The number of nitrogens with one attached hydrogen (secondary N) is 1. The van der Waals surface area contributed by atoms with E-state index in [0.29, 0.717) is 12.1 Å². The Labute approximate surface area is 210 Å². The molecular formula is C27H39N3O4S. The fourth-order valence-electron chi connectivity index (χ4n) is 3.94. The lowest BCUT2D eigenvalue weighted by Gasteiger charge is -2.34. The molecule has 0 bridgehead atoms. The van der Waals surface area contributed by atoms with Crippen LogP contribution < -0.4 is 9.62 Å². The number of sulfonamides is 1. The van der Waals surface area contributed by atoms with Crippen LogP contribution in [0.3, 0.4) is 0 Å². The van der Waals surface area contributed by atoms with Crippen LogP contribution in [-0.2, 0) is 26.2 Å². The Morgan fingerprint density at radius 1 is 0.971 bits per heavy atom. The summed E-state index contributed by atoms with van der Waals surface area (Å²) < 4.78 is 26.6. The molecule has 0 spiro atoms. The fraction of sp³-hybridized carbons (Fsp3) is 0.481. The SMILES string of the molecule is CC[C@@H](C(=O)NC(C)(C)C)N(Cc1ccc(C)cc1)C(=O)CN(c1ccc(C)cc1C)S(C)(=O)=O. The quantitative estimate of drug-likeness (QED) is 0.560. The number of hydrogen-bond acceptors (Lipinski definition) is 4. The van der Waals surface area contributed by atoms with Crippen LogP contribution in [0.4, 0.5) is 5.69 Å². The molecule has 35 heavy (non-hydrogen) atoms. The van der Waals surface area contributed by atoms with E-state index >= 15 is 0 Å². The second-order valence-corrected chi connectivity index (χ2v) is 12.1. The van der Waals surface area contributed by atoms with E-state index in [0.717, 1.165) is 32.8 Å². The van der Waals surface area contributed by atoms with E-state index < -0.39 is 34.1 Å². The summed E-state index contributed by atoms with van der Waals surface area (Å²) in [6.07, 6.45) is 1.48. The highest BCUT2D eigenvalue weighted by molar-refractivity contribution is 7.92. The zero-order valence-electron chi connectivity index (χ0n) is 22.2. The summed E-state index contributed by atoms with van der Waals surface area (Å²) in [4.78, 5) is 28.4. The molecule has 0 saturated carbocycles. The highest BCUT2D eigenvalue weighted by atomic mass is 32.2. The second-order valence-electron chi connectivity index (χ2n) is 10.2. The van der Waals surface area contributed by atoms with Gasteiger partial charge in [-0.05, 0) is 65.2 Å². The highest BCUT2D eigenvalue weighted by Gasteiger charge is 2.33. The first-order chi connectivity index (χ1) is 16.1. The first-order valence-corrected chi connectivity index (χ1v) is 13.7. The smallest absolute Gasteiger partial charge is 0.244 e. The van der Waals surface area contributed by atoms with Crippen LogP contribution in [-0.4, -0.2) is 49.5 Å². The maximum Gasteiger partial charge on any atom is 0.244 e. The second kappa shape index (κ2) is 11.2. The molecule has 1 atom stereocenters. The van der Waals surface area contributed by atoms with Crippen molar-refractivity contribution in [2.75, 3.05) is 17.1 Å². The largest absolute Gasteiger partial charge is 0.350 e. The van der Waals surface area contributed by atoms with Gasteiger partial charge in [0.25, 0.3) is 0 Å². The number of carbonyl (C=O) groups is 2. The molecule has 1 N–H and O–H groups in total. The van der Waals surface area contributed by atoms with Crippen molar-refractivity contribution in [2.24, 2.45) is 0 Å². The Morgan fingerprint density at radius 2 is 1.54 bits per heavy atom. The standard InChI is InChI=1S/C27H39N3O4S/c1-9-23(26(32)28-27(5,6)7)29(17-22-13-10-19(2)11-14-22)25(31)18-30(35(8,33)34)24-15-12-20(3)16-21(24)4/h10-16,23H,9,17-18H2,1-8H3,(H,28,32)/t23-/m0/s1. The minimum absolute atomic E-state index is 0.194. The van der Waals surface area contributed by atoms with Gasteiger partial charge in [-0.2, -0.15) is 0 Å². The molecule has 2 aromatic carbocycles. The predicted molar refractivity (Wildman–Crippen MR) is 142 cm³/mol. The van der Waals surface area contributed by atoms with Gasteiger partial charge < -0.3 is 10.2 Å². The predicted octanol–water partition coefficient (Wildman–Crippen LogP) is 4.10. The molecule has 0 aromatic heterocycles. The molecule has 0 aliphatic heterocycles. The van der Waals surface area contributed by atoms with Crippen molar-refractivity contribution in [2.45, 2.75) is 73.0 Å². The van der Waals surface area contributed by atoms with Crippen molar-refractivity contribution in [3.8, 4) is 0 Å². The molecule has 0 aliphatic carbocycles. The Hall–Kier alpha value is -2.87. The Balaban J connectivity index is 2.48. The van der Waals surface area contributed by atoms with Gasteiger partial charge in [0.05, 0.1) is 11.9 Å². The van der Waals surface area contributed by atoms with Gasteiger partial charge in [-0.1, -0.05) is 54.4 Å². The fourth-order valence-corrected chi connectivity index (χ4v) is 4.85. The summed E-state index contributed by atoms with van der Waals surface area (Å²) in [5.41, 5.74) is 3.68. The summed E-state index contributed by atoms with van der Waals surface area (Å²) in [5, 5.41) is 2.97. The van der Waals surface area contributed by atoms with E-state index in [1.165, 1.54) is 4.90 Å². The monoisotopic (exact) mass is 501 g/mol. The lowest BCUT2D eigenvalue weighted by molar-refractivity contribution is -0.141. The van der Waals surface area contributed by atoms with E-state index in [1.54, 1.807) is 6.07 Å². The number of aryl methyl sites for hydroxylation is 3. The highest BCUT2D eigenvalue weighted by Crippen LogP contribution is 2.24. The minimum Gasteiger partial charge on any atom is -0.350 e. The van der Waals surface area contributed by atoms with Crippen molar-refractivity contribution >= 4 is 27.5 Å². The molecule has 0 aliphatic rings. The van der Waals surface area contributed by atoms with Gasteiger partial charge in [-0.15, -0.1) is 0 Å².